The van der Waals surface area contributed by atoms with Crippen molar-refractivity contribution >= 4 is 56.8 Å². The summed E-state index contributed by atoms with van der Waals surface area (Å²) < 4.78 is 34.9. The average molecular weight is 872 g/mol. The van der Waals surface area contributed by atoms with Crippen molar-refractivity contribution in [1.82, 2.24) is 24.8 Å². The zero-order valence-electron chi connectivity index (χ0n) is 35.6. The first-order valence-corrected chi connectivity index (χ1v) is 20.9. The minimum absolute atomic E-state index is 0.0303. The van der Waals surface area contributed by atoms with Gasteiger partial charge in [0, 0.05) is 60.2 Å². The molecule has 0 bridgehead atoms. The highest BCUT2D eigenvalue weighted by molar-refractivity contribution is 6.07. The number of imide groups is 1. The number of carbonyl (C=O) groups is 4. The quantitative estimate of drug-likeness (QED) is 0.0512. The lowest BCUT2D eigenvalue weighted by molar-refractivity contribution is -0.136. The average Bonchev–Trinajstić information content (AvgIpc) is 3.60. The molecule has 2 aromatic heterocycles. The number of amides is 4. The molecule has 64 heavy (non-hydrogen) atoms. The van der Waals surface area contributed by atoms with Crippen molar-refractivity contribution in [2.24, 2.45) is 7.05 Å². The Bertz CT molecular complexity index is 2920. The molecule has 2 atom stereocenters. The first-order valence-electron chi connectivity index (χ1n) is 20.9. The molecular weight excluding hydrogens is 826 g/mol. The number of methoxy groups -OCH3 is 1. The second kappa shape index (κ2) is 18.1. The summed E-state index contributed by atoms with van der Waals surface area (Å²) in [6.45, 7) is 4.20. The fourth-order valence-electron chi connectivity index (χ4n) is 8.10. The predicted molar refractivity (Wildman–Crippen MR) is 235 cm³/mol. The number of benzene rings is 4. The number of carbonyl (C=O) groups excluding carboxylic acids is 4. The number of hydrogen-bond donors (Lipinski definition) is 4. The first kappa shape index (κ1) is 43.3. The zero-order valence-corrected chi connectivity index (χ0v) is 35.6. The van der Waals surface area contributed by atoms with Crippen LogP contribution in [0.1, 0.15) is 76.6 Å². The lowest BCUT2D eigenvalue weighted by Crippen LogP contribution is -2.52. The fourth-order valence-corrected chi connectivity index (χ4v) is 8.10. The fraction of sp³-hybridized carbons (Fsp3) is 0.298. The van der Waals surface area contributed by atoms with Gasteiger partial charge < -0.3 is 39.4 Å². The number of anilines is 2. The number of nitrogens with zero attached hydrogens (tertiary/aromatic N) is 4. The van der Waals surface area contributed by atoms with Crippen LogP contribution < -0.4 is 35.6 Å². The molecule has 0 saturated carbocycles. The van der Waals surface area contributed by atoms with Crippen LogP contribution >= 0.6 is 0 Å². The minimum Gasteiger partial charge on any atom is -0.493 e. The monoisotopic (exact) mass is 871 g/mol. The van der Waals surface area contributed by atoms with E-state index in [2.05, 4.69) is 25.9 Å². The minimum atomic E-state index is -0.879. The van der Waals surface area contributed by atoms with Gasteiger partial charge in [-0.25, -0.2) is 14.4 Å². The van der Waals surface area contributed by atoms with Crippen molar-refractivity contribution in [3.63, 3.8) is 0 Å². The van der Waals surface area contributed by atoms with Gasteiger partial charge in [-0.3, -0.25) is 29.3 Å². The molecule has 0 spiro atoms. The van der Waals surface area contributed by atoms with E-state index in [1.165, 1.54) is 30.5 Å². The molecule has 1 fully saturated rings. The van der Waals surface area contributed by atoms with Gasteiger partial charge in [-0.1, -0.05) is 13.0 Å². The van der Waals surface area contributed by atoms with Gasteiger partial charge in [-0.15, -0.1) is 0 Å². The number of piperidine rings is 1. The molecule has 2 aliphatic rings. The van der Waals surface area contributed by atoms with Gasteiger partial charge in [0.1, 0.15) is 24.2 Å². The van der Waals surface area contributed by atoms with E-state index < -0.39 is 35.3 Å². The molecule has 1 saturated heterocycles. The third kappa shape index (κ3) is 8.66. The first-order chi connectivity index (χ1) is 30.8. The topological polar surface area (TPSA) is 203 Å². The number of aliphatic hydroxyl groups is 1. The van der Waals surface area contributed by atoms with Crippen molar-refractivity contribution in [1.29, 1.82) is 0 Å². The van der Waals surface area contributed by atoms with E-state index in [-0.39, 0.29) is 54.1 Å². The zero-order chi connectivity index (χ0) is 45.2. The van der Waals surface area contributed by atoms with E-state index >= 15 is 4.39 Å². The number of aromatic nitrogens is 3. The van der Waals surface area contributed by atoms with Crippen molar-refractivity contribution in [2.45, 2.75) is 71.2 Å². The molecule has 2 unspecified atom stereocenters. The van der Waals surface area contributed by atoms with E-state index in [0.717, 1.165) is 23.6 Å². The summed E-state index contributed by atoms with van der Waals surface area (Å²) in [5, 5.41) is 19.6. The standard InChI is InChI=1S/C47H46FN7O9/c1-5-26-9-13-35-32(18-26)43(58)42(25(2)54(35)3)45(60)52-29-11-15-37(33(48)20-29)64-46-31-21-38(62-4)39(22-34(31)49-24-50-46)63-17-7-6-8-40(56)51-28-10-12-30-27(19-28)23-55(47(30)61)36-14-16-41(57)53-44(36)59/h9-13,15,18-22,24,36,40,51,56H,5-8,14,16-17,23H2,1-4H3,(H,52,60)(H,53,57,59). The second-order valence-electron chi connectivity index (χ2n) is 15.7. The van der Waals surface area contributed by atoms with E-state index in [1.807, 2.05) is 19.1 Å². The highest BCUT2D eigenvalue weighted by atomic mass is 19.1. The maximum atomic E-state index is 15.5. The van der Waals surface area contributed by atoms with Crippen LogP contribution in [0.3, 0.4) is 0 Å². The summed E-state index contributed by atoms with van der Waals surface area (Å²) in [6, 6.07) is 17.3. The summed E-state index contributed by atoms with van der Waals surface area (Å²) >= 11 is 0. The third-order valence-corrected chi connectivity index (χ3v) is 11.7. The number of ether oxygens (including phenoxy) is 3. The van der Waals surface area contributed by atoms with Gasteiger partial charge in [0.2, 0.25) is 23.1 Å². The summed E-state index contributed by atoms with van der Waals surface area (Å²) in [6.07, 6.45) is 3.18. The molecule has 17 heteroatoms. The molecule has 8 rings (SSSR count). The number of pyridine rings is 1. The highest BCUT2D eigenvalue weighted by Gasteiger charge is 2.39. The number of unbranched alkanes of at least 4 members (excludes halogenated alkanes) is 1. The molecule has 0 aliphatic carbocycles. The molecule has 2 aliphatic heterocycles. The van der Waals surface area contributed by atoms with Crippen LogP contribution in [-0.2, 0) is 29.6 Å². The van der Waals surface area contributed by atoms with Crippen LogP contribution in [0.5, 0.6) is 23.1 Å². The SMILES string of the molecule is CCc1ccc2c(c1)c(=O)c(C(=O)Nc1ccc(Oc3ncnc4cc(OCCCCC(O)Nc5ccc6c(c5)CN(C5CCC(=O)NC5=O)C6=O)c(OC)cc34)c(F)c1)c(C)n2C. The lowest BCUT2D eigenvalue weighted by atomic mass is 10.0. The molecule has 16 nitrogen and oxygen atoms in total. The highest BCUT2D eigenvalue weighted by Crippen LogP contribution is 2.37. The summed E-state index contributed by atoms with van der Waals surface area (Å²) in [7, 11) is 3.26. The Kier molecular flexibility index (Phi) is 12.3. The summed E-state index contributed by atoms with van der Waals surface area (Å²) in [5.74, 6) is -1.87. The smallest absolute Gasteiger partial charge is 0.261 e. The number of fused-ring (bicyclic) bond motifs is 3. The summed E-state index contributed by atoms with van der Waals surface area (Å²) in [5.41, 5.74) is 4.13. The largest absolute Gasteiger partial charge is 0.493 e. The number of nitrogens with one attached hydrogen (secondary N) is 3. The number of aliphatic hydroxyl groups excluding tert-OH is 1. The molecule has 4 N–H and O–H groups in total. The van der Waals surface area contributed by atoms with Gasteiger partial charge in [0.15, 0.2) is 23.1 Å². The van der Waals surface area contributed by atoms with Crippen LogP contribution in [0.4, 0.5) is 15.8 Å². The number of halogens is 1. The number of rotatable bonds is 15. The molecule has 4 amide bonds. The van der Waals surface area contributed by atoms with Gasteiger partial charge in [-0.05, 0) is 98.7 Å². The van der Waals surface area contributed by atoms with Crippen LogP contribution in [-0.4, -0.2) is 74.2 Å². The van der Waals surface area contributed by atoms with E-state index in [9.17, 15) is 29.1 Å². The van der Waals surface area contributed by atoms with Gasteiger partial charge in [0.05, 0.1) is 30.1 Å². The number of hydrogen-bond acceptors (Lipinski definition) is 12. The Morgan fingerprint density at radius 1 is 0.969 bits per heavy atom. The van der Waals surface area contributed by atoms with E-state index in [4.69, 9.17) is 14.2 Å². The Morgan fingerprint density at radius 3 is 2.55 bits per heavy atom. The normalized spacial score (nSPS) is 15.2. The van der Waals surface area contributed by atoms with Crippen molar-refractivity contribution < 1.29 is 42.9 Å². The Labute approximate surface area is 366 Å². The van der Waals surface area contributed by atoms with E-state index in [0.29, 0.717) is 76.1 Å². The van der Waals surface area contributed by atoms with Crippen LogP contribution in [0, 0.1) is 12.7 Å². The molecule has 4 aromatic carbocycles. The van der Waals surface area contributed by atoms with Gasteiger partial charge >= 0.3 is 0 Å². The Balaban J connectivity index is 0.857. The summed E-state index contributed by atoms with van der Waals surface area (Å²) in [4.78, 5) is 74.0. The van der Waals surface area contributed by atoms with Gasteiger partial charge in [-0.2, -0.15) is 0 Å². The van der Waals surface area contributed by atoms with Crippen molar-refractivity contribution in [3.05, 3.63) is 117 Å². The van der Waals surface area contributed by atoms with Crippen molar-refractivity contribution in [3.8, 4) is 23.1 Å². The molecular formula is C47H46FN7O9. The van der Waals surface area contributed by atoms with Crippen LogP contribution in [0.2, 0.25) is 0 Å². The molecule has 0 radical (unpaired) electrons. The maximum absolute atomic E-state index is 15.5. The van der Waals surface area contributed by atoms with Crippen LogP contribution in [0.15, 0.2) is 77.9 Å². The lowest BCUT2D eigenvalue weighted by Gasteiger charge is -2.29. The van der Waals surface area contributed by atoms with Crippen molar-refractivity contribution in [2.75, 3.05) is 24.4 Å². The van der Waals surface area contributed by atoms with Gasteiger partial charge in [0.25, 0.3) is 11.8 Å². The number of aryl methyl sites for hydroxylation is 2. The van der Waals surface area contributed by atoms with E-state index in [1.54, 1.807) is 54.9 Å². The second-order valence-corrected chi connectivity index (χ2v) is 15.7. The molecule has 330 valence electrons. The molecule has 4 heterocycles. The predicted octanol–water partition coefficient (Wildman–Crippen LogP) is 6.29. The maximum Gasteiger partial charge on any atom is 0.261 e. The third-order valence-electron chi connectivity index (χ3n) is 11.7. The Morgan fingerprint density at radius 2 is 1.78 bits per heavy atom. The molecule has 6 aromatic rings. The Hall–Kier alpha value is -7.40. The van der Waals surface area contributed by atoms with Crippen LogP contribution in [0.25, 0.3) is 21.8 Å².